The fraction of sp³-hybridized carbons (Fsp3) is 0.571. The van der Waals surface area contributed by atoms with E-state index in [0.717, 1.165) is 5.69 Å². The lowest BCUT2D eigenvalue weighted by Gasteiger charge is -2.01. The van der Waals surface area contributed by atoms with E-state index in [2.05, 4.69) is 36.9 Å². The lowest BCUT2D eigenvalue weighted by Crippen LogP contribution is -3.00. The van der Waals surface area contributed by atoms with Gasteiger partial charge < -0.3 is 22.7 Å². The molecular weight excluding hydrogens is 262 g/mol. The first-order chi connectivity index (χ1) is 7.33. The summed E-state index contributed by atoms with van der Waals surface area (Å²) in [5.41, 5.74) is 6.46. The maximum atomic E-state index is 3.89. The number of aryl methyl sites for hydroxylation is 1. The van der Waals surface area contributed by atoms with Gasteiger partial charge in [0.2, 0.25) is 0 Å². The normalized spacial score (nSPS) is 9.88. The highest BCUT2D eigenvalue weighted by Gasteiger charge is 1.94. The Labute approximate surface area is 110 Å². The predicted octanol–water partition coefficient (Wildman–Crippen LogP) is 0.467. The molecule has 3 N–H and O–H groups in total. The van der Waals surface area contributed by atoms with Crippen LogP contribution in [0.4, 0.5) is 5.69 Å². The number of halogens is 1. The minimum Gasteiger partial charge on any atom is -1.00 e. The Hall–Kier alpha value is -0.340. The molecule has 1 nitrogen and oxygen atoms in total. The van der Waals surface area contributed by atoms with Crippen molar-refractivity contribution in [2.45, 2.75) is 51.9 Å². The number of rotatable bonds is 7. The van der Waals surface area contributed by atoms with Crippen LogP contribution in [0.3, 0.4) is 0 Å². The van der Waals surface area contributed by atoms with Crippen molar-refractivity contribution in [3.05, 3.63) is 29.8 Å². The Kier molecular flexibility index (Phi) is 9.65. The maximum absolute atomic E-state index is 3.89. The van der Waals surface area contributed by atoms with Crippen molar-refractivity contribution < 1.29 is 22.7 Å². The fourth-order valence-corrected chi connectivity index (χ4v) is 1.82. The monoisotopic (exact) mass is 285 g/mol. The van der Waals surface area contributed by atoms with E-state index < -0.39 is 0 Å². The molecule has 0 aromatic heterocycles. The second-order valence-electron chi connectivity index (χ2n) is 4.33. The lowest BCUT2D eigenvalue weighted by molar-refractivity contribution is -0.254. The molecule has 0 aliphatic rings. The van der Waals surface area contributed by atoms with Crippen LogP contribution in [0, 0.1) is 0 Å². The van der Waals surface area contributed by atoms with E-state index in [1.807, 2.05) is 0 Å². The van der Waals surface area contributed by atoms with Gasteiger partial charge in [0.25, 0.3) is 0 Å². The minimum absolute atomic E-state index is 0. The highest BCUT2D eigenvalue weighted by Crippen LogP contribution is 2.10. The Morgan fingerprint density at radius 1 is 0.875 bits per heavy atom. The zero-order chi connectivity index (χ0) is 10.9. The zero-order valence-corrected chi connectivity index (χ0v) is 11.9. The van der Waals surface area contributed by atoms with Crippen molar-refractivity contribution in [1.82, 2.24) is 0 Å². The van der Waals surface area contributed by atoms with E-state index in [9.17, 15) is 0 Å². The van der Waals surface area contributed by atoms with Crippen LogP contribution >= 0.6 is 0 Å². The molecule has 0 aliphatic carbocycles. The minimum atomic E-state index is 0. The van der Waals surface area contributed by atoms with Crippen LogP contribution in [-0.4, -0.2) is 0 Å². The van der Waals surface area contributed by atoms with E-state index in [1.165, 1.54) is 50.5 Å². The fourth-order valence-electron chi connectivity index (χ4n) is 1.82. The second kappa shape index (κ2) is 9.86. The van der Waals surface area contributed by atoms with Gasteiger partial charge >= 0.3 is 0 Å². The average molecular weight is 286 g/mol. The van der Waals surface area contributed by atoms with Crippen LogP contribution in [0.1, 0.15) is 51.0 Å². The van der Waals surface area contributed by atoms with Crippen LogP contribution in [0.15, 0.2) is 24.3 Å². The summed E-state index contributed by atoms with van der Waals surface area (Å²) in [5, 5.41) is 0. The van der Waals surface area contributed by atoms with E-state index in [0.29, 0.717) is 0 Å². The van der Waals surface area contributed by atoms with Crippen LogP contribution in [-0.2, 0) is 6.42 Å². The highest BCUT2D eigenvalue weighted by molar-refractivity contribution is 5.31. The van der Waals surface area contributed by atoms with E-state index in [1.54, 1.807) is 0 Å². The third-order valence-electron chi connectivity index (χ3n) is 2.84. The molecule has 0 radical (unpaired) electrons. The van der Waals surface area contributed by atoms with Gasteiger partial charge in [0.05, 0.1) is 0 Å². The molecule has 0 bridgehead atoms. The Bertz CT molecular complexity index is 256. The topological polar surface area (TPSA) is 27.6 Å². The number of quaternary nitrogens is 1. The first kappa shape index (κ1) is 15.7. The number of hydrogen-bond acceptors (Lipinski definition) is 0. The Balaban J connectivity index is 0.00000225. The number of unbranched alkanes of at least 4 members (excludes halogenated alkanes) is 5. The van der Waals surface area contributed by atoms with Crippen molar-refractivity contribution in [1.29, 1.82) is 0 Å². The smallest absolute Gasteiger partial charge is 0.127 e. The van der Waals surface area contributed by atoms with Gasteiger partial charge in [-0.3, -0.25) is 0 Å². The van der Waals surface area contributed by atoms with Crippen molar-refractivity contribution in [2.75, 3.05) is 0 Å². The second-order valence-corrected chi connectivity index (χ2v) is 4.33. The Morgan fingerprint density at radius 2 is 1.44 bits per heavy atom. The van der Waals surface area contributed by atoms with Gasteiger partial charge in [0, 0.05) is 0 Å². The van der Waals surface area contributed by atoms with Crippen molar-refractivity contribution in [2.24, 2.45) is 0 Å². The third kappa shape index (κ3) is 7.02. The molecule has 0 unspecified atom stereocenters. The van der Waals surface area contributed by atoms with Crippen LogP contribution in [0.2, 0.25) is 0 Å². The molecular formula is C14H24BrN. The first-order valence-corrected chi connectivity index (χ1v) is 6.24. The van der Waals surface area contributed by atoms with Gasteiger partial charge in [0.1, 0.15) is 5.69 Å². The molecule has 0 aliphatic heterocycles. The lowest BCUT2D eigenvalue weighted by atomic mass is 10.0. The summed E-state index contributed by atoms with van der Waals surface area (Å²) in [4.78, 5) is 0. The van der Waals surface area contributed by atoms with Gasteiger partial charge in [-0.25, -0.2) is 0 Å². The van der Waals surface area contributed by atoms with Crippen molar-refractivity contribution in [3.8, 4) is 0 Å². The maximum Gasteiger partial charge on any atom is 0.127 e. The third-order valence-corrected chi connectivity index (χ3v) is 2.84. The summed E-state index contributed by atoms with van der Waals surface area (Å²) >= 11 is 0. The van der Waals surface area contributed by atoms with Crippen molar-refractivity contribution in [3.63, 3.8) is 0 Å². The van der Waals surface area contributed by atoms with E-state index in [4.69, 9.17) is 0 Å². The molecule has 0 heterocycles. The molecule has 1 rings (SSSR count). The molecule has 0 spiro atoms. The van der Waals surface area contributed by atoms with Crippen LogP contribution in [0.25, 0.3) is 0 Å². The molecule has 92 valence electrons. The number of hydrogen-bond donors (Lipinski definition) is 1. The summed E-state index contributed by atoms with van der Waals surface area (Å²) in [5.74, 6) is 0. The molecule has 0 saturated heterocycles. The van der Waals surface area contributed by atoms with Crippen LogP contribution < -0.4 is 22.7 Å². The largest absolute Gasteiger partial charge is 1.00 e. The summed E-state index contributed by atoms with van der Waals surface area (Å²) in [7, 11) is 0. The zero-order valence-electron chi connectivity index (χ0n) is 10.3. The van der Waals surface area contributed by atoms with E-state index >= 15 is 0 Å². The van der Waals surface area contributed by atoms with Crippen LogP contribution in [0.5, 0.6) is 0 Å². The molecule has 0 amide bonds. The average Bonchev–Trinajstić information content (AvgIpc) is 2.26. The highest BCUT2D eigenvalue weighted by atomic mass is 79.9. The van der Waals surface area contributed by atoms with Gasteiger partial charge in [-0.1, -0.05) is 51.2 Å². The molecule has 1 aromatic carbocycles. The first-order valence-electron chi connectivity index (χ1n) is 6.24. The number of benzene rings is 1. The summed E-state index contributed by atoms with van der Waals surface area (Å²) in [6.07, 6.45) is 9.50. The van der Waals surface area contributed by atoms with E-state index in [-0.39, 0.29) is 17.0 Å². The Morgan fingerprint density at radius 3 is 2.06 bits per heavy atom. The summed E-state index contributed by atoms with van der Waals surface area (Å²) in [6, 6.07) is 8.61. The van der Waals surface area contributed by atoms with Crippen molar-refractivity contribution >= 4 is 5.69 Å². The predicted molar refractivity (Wildman–Crippen MR) is 66.1 cm³/mol. The van der Waals surface area contributed by atoms with Gasteiger partial charge in [-0.05, 0) is 30.5 Å². The standard InChI is InChI=1S/C14H23N.BrH/c1-2-3-4-5-6-7-8-13-9-11-14(15)12-10-13;/h9-12H,2-8,15H2,1H3;1H. The quantitative estimate of drug-likeness (QED) is 0.706. The van der Waals surface area contributed by atoms with Gasteiger partial charge in [0.15, 0.2) is 0 Å². The summed E-state index contributed by atoms with van der Waals surface area (Å²) < 4.78 is 0. The van der Waals surface area contributed by atoms with Gasteiger partial charge in [-0.15, -0.1) is 0 Å². The van der Waals surface area contributed by atoms with Gasteiger partial charge in [-0.2, -0.15) is 0 Å². The summed E-state index contributed by atoms with van der Waals surface area (Å²) in [6.45, 7) is 2.26. The SMILES string of the molecule is CCCCCCCCc1ccc([NH3+])cc1.[Br-]. The molecule has 1 aromatic rings. The molecule has 0 saturated carbocycles. The molecule has 0 fully saturated rings. The molecule has 2 heteroatoms. The molecule has 0 atom stereocenters. The molecule has 16 heavy (non-hydrogen) atoms.